The molecule has 0 N–H and O–H groups in total. The van der Waals surface area contributed by atoms with E-state index in [1.54, 1.807) is 6.07 Å². The molecule has 0 radical (unpaired) electrons. The second-order valence-corrected chi connectivity index (χ2v) is 8.71. The van der Waals surface area contributed by atoms with Gasteiger partial charge in [-0.05, 0) is 72.9 Å². The molecule has 0 saturated carbocycles. The fraction of sp³-hybridized carbons (Fsp3) is 0.312. The Hall–Kier alpha value is -3.63. The summed E-state index contributed by atoms with van der Waals surface area (Å²) >= 11 is 0. The van der Waals surface area contributed by atoms with E-state index in [0.717, 1.165) is 30.4 Å². The standard InChI is InChI=1S/C32H31F3O/c1-3-5-6-7-9-26-12-16-27(17-13-26)18-19-29-21-23-30(31(24-29)36-32(33,34)35)22-20-28-14-10-25(8-4-2)11-15-28/h10-17,21,23-24H,3-9H2,1-2H3. The highest BCUT2D eigenvalue weighted by Crippen LogP contribution is 2.27. The number of halogens is 3. The predicted molar refractivity (Wildman–Crippen MR) is 140 cm³/mol. The molecule has 4 heteroatoms. The van der Waals surface area contributed by atoms with Crippen molar-refractivity contribution in [1.29, 1.82) is 0 Å². The molecule has 0 aliphatic rings. The summed E-state index contributed by atoms with van der Waals surface area (Å²) in [5, 5.41) is 0. The van der Waals surface area contributed by atoms with Crippen LogP contribution in [0.5, 0.6) is 5.75 Å². The molecule has 0 fully saturated rings. The number of alkyl halides is 3. The van der Waals surface area contributed by atoms with Gasteiger partial charge in [0.15, 0.2) is 0 Å². The minimum absolute atomic E-state index is 0.155. The Labute approximate surface area is 212 Å². The highest BCUT2D eigenvalue weighted by atomic mass is 19.4. The maximum atomic E-state index is 13.0. The van der Waals surface area contributed by atoms with E-state index in [0.29, 0.717) is 5.56 Å². The lowest BCUT2D eigenvalue weighted by Crippen LogP contribution is -2.18. The lowest BCUT2D eigenvalue weighted by atomic mass is 10.0. The van der Waals surface area contributed by atoms with Crippen LogP contribution in [0.2, 0.25) is 0 Å². The lowest BCUT2D eigenvalue weighted by Gasteiger charge is -2.11. The highest BCUT2D eigenvalue weighted by molar-refractivity contribution is 5.55. The summed E-state index contributed by atoms with van der Waals surface area (Å²) in [5.41, 5.74) is 4.58. The average molecular weight is 489 g/mol. The van der Waals surface area contributed by atoms with Gasteiger partial charge >= 0.3 is 6.36 Å². The minimum Gasteiger partial charge on any atom is -0.404 e. The molecule has 0 aliphatic carbocycles. The van der Waals surface area contributed by atoms with Gasteiger partial charge in [0.1, 0.15) is 5.75 Å². The van der Waals surface area contributed by atoms with Gasteiger partial charge < -0.3 is 4.74 Å². The Balaban J connectivity index is 1.77. The van der Waals surface area contributed by atoms with Crippen molar-refractivity contribution >= 4 is 0 Å². The van der Waals surface area contributed by atoms with Gasteiger partial charge in [-0.1, -0.05) is 87.5 Å². The Kier molecular flexibility index (Phi) is 10.1. The van der Waals surface area contributed by atoms with Crippen LogP contribution in [0.3, 0.4) is 0 Å². The Morgan fingerprint density at radius 3 is 1.75 bits per heavy atom. The molecular weight excluding hydrogens is 457 g/mol. The molecule has 1 nitrogen and oxygen atoms in total. The first kappa shape index (κ1) is 27.0. The van der Waals surface area contributed by atoms with Crippen LogP contribution in [0.1, 0.15) is 79.3 Å². The van der Waals surface area contributed by atoms with Gasteiger partial charge in [0.05, 0.1) is 5.56 Å². The van der Waals surface area contributed by atoms with Gasteiger partial charge in [-0.25, -0.2) is 0 Å². The van der Waals surface area contributed by atoms with Crippen LogP contribution in [0.4, 0.5) is 13.2 Å². The molecule has 186 valence electrons. The van der Waals surface area contributed by atoms with Crippen LogP contribution in [0.15, 0.2) is 66.7 Å². The van der Waals surface area contributed by atoms with Crippen LogP contribution < -0.4 is 4.74 Å². The van der Waals surface area contributed by atoms with E-state index >= 15 is 0 Å². The molecule has 3 aromatic carbocycles. The molecule has 0 bridgehead atoms. The van der Waals surface area contributed by atoms with Crippen LogP contribution in [0, 0.1) is 23.7 Å². The Morgan fingerprint density at radius 1 is 0.611 bits per heavy atom. The average Bonchev–Trinajstić information content (AvgIpc) is 2.86. The molecule has 0 heterocycles. The van der Waals surface area contributed by atoms with Crippen molar-refractivity contribution in [1.82, 2.24) is 0 Å². The molecule has 3 aromatic rings. The first-order chi connectivity index (χ1) is 17.4. The molecule has 0 unspecified atom stereocenters. The summed E-state index contributed by atoms with van der Waals surface area (Å²) in [7, 11) is 0. The number of rotatable bonds is 8. The second kappa shape index (κ2) is 13.5. The third-order valence-corrected chi connectivity index (χ3v) is 5.67. The third kappa shape index (κ3) is 9.20. The van der Waals surface area contributed by atoms with E-state index in [1.807, 2.05) is 36.4 Å². The maximum Gasteiger partial charge on any atom is 0.573 e. The summed E-state index contributed by atoms with van der Waals surface area (Å²) in [5.74, 6) is 11.3. The van der Waals surface area contributed by atoms with Gasteiger partial charge in [-0.15, -0.1) is 13.2 Å². The second-order valence-electron chi connectivity index (χ2n) is 8.71. The van der Waals surface area contributed by atoms with E-state index in [4.69, 9.17) is 0 Å². The number of unbranched alkanes of at least 4 members (excludes halogenated alkanes) is 3. The SMILES string of the molecule is CCCCCCc1ccc(C#Cc2ccc(C#Cc3ccc(CCC)cc3)c(OC(F)(F)F)c2)cc1. The zero-order chi connectivity index (χ0) is 25.8. The van der Waals surface area contributed by atoms with E-state index in [9.17, 15) is 13.2 Å². The van der Waals surface area contributed by atoms with Crippen molar-refractivity contribution in [2.75, 3.05) is 0 Å². The molecule has 0 atom stereocenters. The number of hydrogen-bond donors (Lipinski definition) is 0. The molecule has 0 amide bonds. The van der Waals surface area contributed by atoms with Crippen LogP contribution >= 0.6 is 0 Å². The zero-order valence-electron chi connectivity index (χ0n) is 20.8. The van der Waals surface area contributed by atoms with Gasteiger partial charge in [-0.2, -0.15) is 0 Å². The van der Waals surface area contributed by atoms with Crippen molar-refractivity contribution in [2.24, 2.45) is 0 Å². The molecule has 3 rings (SSSR count). The van der Waals surface area contributed by atoms with E-state index in [-0.39, 0.29) is 11.3 Å². The van der Waals surface area contributed by atoms with Crippen molar-refractivity contribution in [3.63, 3.8) is 0 Å². The molecule has 0 spiro atoms. The monoisotopic (exact) mass is 488 g/mol. The smallest absolute Gasteiger partial charge is 0.404 e. The van der Waals surface area contributed by atoms with Crippen LogP contribution in [0.25, 0.3) is 0 Å². The van der Waals surface area contributed by atoms with Crippen LogP contribution in [-0.4, -0.2) is 6.36 Å². The number of benzene rings is 3. The zero-order valence-corrected chi connectivity index (χ0v) is 20.8. The van der Waals surface area contributed by atoms with Crippen LogP contribution in [-0.2, 0) is 12.8 Å². The molecular formula is C32H31F3O. The maximum absolute atomic E-state index is 13.0. The Morgan fingerprint density at radius 2 is 1.17 bits per heavy atom. The van der Waals surface area contributed by atoms with Crippen molar-refractivity contribution in [3.8, 4) is 29.4 Å². The van der Waals surface area contributed by atoms with Gasteiger partial charge in [0.25, 0.3) is 0 Å². The summed E-state index contributed by atoms with van der Waals surface area (Å²) in [6.45, 7) is 4.30. The van der Waals surface area contributed by atoms with Gasteiger partial charge in [-0.3, -0.25) is 0 Å². The molecule has 0 saturated heterocycles. The molecule has 0 aromatic heterocycles. The molecule has 36 heavy (non-hydrogen) atoms. The van der Waals surface area contributed by atoms with Gasteiger partial charge in [0.2, 0.25) is 0 Å². The number of ether oxygens (including phenoxy) is 1. The summed E-state index contributed by atoms with van der Waals surface area (Å²) in [6, 6.07) is 20.2. The first-order valence-electron chi connectivity index (χ1n) is 12.5. The quantitative estimate of drug-likeness (QED) is 0.228. The first-order valence-corrected chi connectivity index (χ1v) is 12.5. The normalized spacial score (nSPS) is 10.7. The van der Waals surface area contributed by atoms with E-state index in [1.165, 1.54) is 48.9 Å². The highest BCUT2D eigenvalue weighted by Gasteiger charge is 2.32. The Bertz CT molecular complexity index is 1230. The molecule has 0 aliphatic heterocycles. The predicted octanol–water partition coefficient (Wildman–Crippen LogP) is 8.46. The summed E-state index contributed by atoms with van der Waals surface area (Å²) in [6.07, 6.45) is 3.09. The lowest BCUT2D eigenvalue weighted by molar-refractivity contribution is -0.274. The van der Waals surface area contributed by atoms with Gasteiger partial charge in [0, 0.05) is 16.7 Å². The minimum atomic E-state index is -4.82. The number of aryl methyl sites for hydroxylation is 2. The largest absolute Gasteiger partial charge is 0.573 e. The topological polar surface area (TPSA) is 9.23 Å². The van der Waals surface area contributed by atoms with E-state index < -0.39 is 6.36 Å². The summed E-state index contributed by atoms with van der Waals surface area (Å²) in [4.78, 5) is 0. The fourth-order valence-electron chi connectivity index (χ4n) is 3.75. The van der Waals surface area contributed by atoms with Crippen molar-refractivity contribution in [2.45, 2.75) is 65.2 Å². The van der Waals surface area contributed by atoms with Crippen molar-refractivity contribution < 1.29 is 17.9 Å². The summed E-state index contributed by atoms with van der Waals surface area (Å²) < 4.78 is 43.4. The number of hydrogen-bond acceptors (Lipinski definition) is 1. The van der Waals surface area contributed by atoms with Crippen molar-refractivity contribution in [3.05, 3.63) is 100 Å². The third-order valence-electron chi connectivity index (χ3n) is 5.67. The fourth-order valence-corrected chi connectivity index (χ4v) is 3.75. The van der Waals surface area contributed by atoms with E-state index in [2.05, 4.69) is 54.4 Å².